The zero-order valence-electron chi connectivity index (χ0n) is 10.5. The molecular weight excluding hydrogens is 273 g/mol. The van der Waals surface area contributed by atoms with E-state index in [1.807, 2.05) is 11.9 Å². The lowest BCUT2D eigenvalue weighted by atomic mass is 10.1. The molecule has 1 saturated heterocycles. The van der Waals surface area contributed by atoms with Gasteiger partial charge in [-0.25, -0.2) is 4.39 Å². The van der Waals surface area contributed by atoms with Gasteiger partial charge in [0, 0.05) is 25.2 Å². The molecule has 1 aliphatic heterocycles. The molecule has 1 aliphatic rings. The van der Waals surface area contributed by atoms with Gasteiger partial charge in [-0.05, 0) is 25.9 Å². The number of benzene rings is 1. The zero-order chi connectivity index (χ0) is 14.0. The summed E-state index contributed by atoms with van der Waals surface area (Å²) in [6, 6.07) is 2.24. The fourth-order valence-electron chi connectivity index (χ4n) is 2.43. The van der Waals surface area contributed by atoms with Gasteiger partial charge < -0.3 is 10.2 Å². The molecule has 1 unspecified atom stereocenters. The number of rotatable bonds is 4. The van der Waals surface area contributed by atoms with Crippen LogP contribution in [0.15, 0.2) is 12.1 Å². The Morgan fingerprint density at radius 1 is 1.63 bits per heavy atom. The second-order valence-corrected chi connectivity index (χ2v) is 5.08. The largest absolute Gasteiger partial charge is 0.366 e. The molecule has 1 aromatic carbocycles. The summed E-state index contributed by atoms with van der Waals surface area (Å²) in [6.45, 7) is 2.22. The minimum Gasteiger partial charge on any atom is -0.366 e. The molecule has 19 heavy (non-hydrogen) atoms. The second-order valence-electron chi connectivity index (χ2n) is 4.67. The van der Waals surface area contributed by atoms with Crippen LogP contribution in [0.5, 0.6) is 0 Å². The summed E-state index contributed by atoms with van der Waals surface area (Å²) >= 11 is 5.61. The fraction of sp³-hybridized carbons (Fsp3) is 0.500. The predicted octanol–water partition coefficient (Wildman–Crippen LogP) is 2.43. The van der Waals surface area contributed by atoms with Crippen molar-refractivity contribution in [2.24, 2.45) is 5.92 Å². The van der Waals surface area contributed by atoms with E-state index in [1.54, 1.807) is 0 Å². The van der Waals surface area contributed by atoms with Gasteiger partial charge in [0.25, 0.3) is 5.69 Å². The number of hydrogen-bond donors (Lipinski definition) is 1. The summed E-state index contributed by atoms with van der Waals surface area (Å²) in [5.74, 6) is -0.206. The molecule has 0 bridgehead atoms. The number of anilines is 1. The highest BCUT2D eigenvalue weighted by molar-refractivity contribution is 6.31. The summed E-state index contributed by atoms with van der Waals surface area (Å²) in [5, 5.41) is 13.9. The summed E-state index contributed by atoms with van der Waals surface area (Å²) in [6.07, 6.45) is 0.933. The SMILES string of the molecule is CNCC1CCN(c2cc(F)c(Cl)cc2[N+](=O)[O-])C1. The van der Waals surface area contributed by atoms with Crippen LogP contribution in [0.4, 0.5) is 15.8 Å². The van der Waals surface area contributed by atoms with Gasteiger partial charge in [-0.3, -0.25) is 10.1 Å². The van der Waals surface area contributed by atoms with Crippen molar-refractivity contribution in [3.8, 4) is 0 Å². The first-order valence-corrected chi connectivity index (χ1v) is 6.43. The van der Waals surface area contributed by atoms with Crippen LogP contribution in [0.2, 0.25) is 5.02 Å². The molecule has 0 aromatic heterocycles. The van der Waals surface area contributed by atoms with E-state index in [2.05, 4.69) is 5.32 Å². The fourth-order valence-corrected chi connectivity index (χ4v) is 2.59. The van der Waals surface area contributed by atoms with Crippen LogP contribution in [0.1, 0.15) is 6.42 Å². The second kappa shape index (κ2) is 5.71. The van der Waals surface area contributed by atoms with Gasteiger partial charge in [0.15, 0.2) is 0 Å². The van der Waals surface area contributed by atoms with Crippen molar-refractivity contribution in [2.75, 3.05) is 31.6 Å². The Labute approximate surface area is 115 Å². The summed E-state index contributed by atoms with van der Waals surface area (Å²) in [4.78, 5) is 12.4. The van der Waals surface area contributed by atoms with E-state index in [0.29, 0.717) is 24.7 Å². The number of nitro groups is 1. The van der Waals surface area contributed by atoms with E-state index in [1.165, 1.54) is 0 Å². The highest BCUT2D eigenvalue weighted by Gasteiger charge is 2.28. The average Bonchev–Trinajstić information content (AvgIpc) is 2.81. The zero-order valence-corrected chi connectivity index (χ0v) is 11.3. The highest BCUT2D eigenvalue weighted by Crippen LogP contribution is 2.35. The Hall–Kier alpha value is -1.40. The van der Waals surface area contributed by atoms with Crippen molar-refractivity contribution in [2.45, 2.75) is 6.42 Å². The van der Waals surface area contributed by atoms with Crippen LogP contribution in [0, 0.1) is 21.8 Å². The Balaban J connectivity index is 2.29. The van der Waals surface area contributed by atoms with Crippen LogP contribution < -0.4 is 10.2 Å². The first-order chi connectivity index (χ1) is 9.02. The first kappa shape index (κ1) is 14.0. The van der Waals surface area contributed by atoms with Crippen LogP contribution in [0.25, 0.3) is 0 Å². The maximum atomic E-state index is 13.5. The number of nitrogens with zero attached hydrogens (tertiary/aromatic N) is 2. The number of nitrogens with one attached hydrogen (secondary N) is 1. The van der Waals surface area contributed by atoms with Crippen molar-refractivity contribution in [1.29, 1.82) is 0 Å². The molecule has 0 amide bonds. The van der Waals surface area contributed by atoms with Crippen molar-refractivity contribution in [3.63, 3.8) is 0 Å². The molecule has 1 atom stereocenters. The van der Waals surface area contributed by atoms with Gasteiger partial charge in [0.05, 0.1) is 9.95 Å². The highest BCUT2D eigenvalue weighted by atomic mass is 35.5. The molecular formula is C12H15ClFN3O2. The minimum absolute atomic E-state index is 0.142. The monoisotopic (exact) mass is 287 g/mol. The van der Waals surface area contributed by atoms with Gasteiger partial charge in [0.2, 0.25) is 0 Å². The lowest BCUT2D eigenvalue weighted by Gasteiger charge is -2.19. The topological polar surface area (TPSA) is 58.4 Å². The molecule has 7 heteroatoms. The first-order valence-electron chi connectivity index (χ1n) is 6.06. The molecule has 0 radical (unpaired) electrons. The summed E-state index contributed by atoms with van der Waals surface area (Å²) in [5.41, 5.74) is 0.169. The lowest BCUT2D eigenvalue weighted by Crippen LogP contribution is -2.24. The molecule has 1 heterocycles. The van der Waals surface area contributed by atoms with E-state index < -0.39 is 10.7 Å². The van der Waals surface area contributed by atoms with Crippen LogP contribution in [-0.4, -0.2) is 31.6 Å². The molecule has 2 rings (SSSR count). The maximum absolute atomic E-state index is 13.5. The molecule has 0 saturated carbocycles. The quantitative estimate of drug-likeness (QED) is 0.682. The van der Waals surface area contributed by atoms with Gasteiger partial charge in [-0.1, -0.05) is 11.6 Å². The maximum Gasteiger partial charge on any atom is 0.294 e. The third-order valence-electron chi connectivity index (χ3n) is 3.33. The molecule has 0 spiro atoms. The van der Waals surface area contributed by atoms with Gasteiger partial charge >= 0.3 is 0 Å². The third-order valence-corrected chi connectivity index (χ3v) is 3.62. The van der Waals surface area contributed by atoms with E-state index in [4.69, 9.17) is 11.6 Å². The van der Waals surface area contributed by atoms with Crippen LogP contribution in [-0.2, 0) is 0 Å². The molecule has 1 fully saturated rings. The predicted molar refractivity (Wildman–Crippen MR) is 72.3 cm³/mol. The van der Waals surface area contributed by atoms with E-state index >= 15 is 0 Å². The summed E-state index contributed by atoms with van der Waals surface area (Å²) in [7, 11) is 1.87. The smallest absolute Gasteiger partial charge is 0.294 e. The third kappa shape index (κ3) is 2.96. The Morgan fingerprint density at radius 3 is 3.00 bits per heavy atom. The number of halogens is 2. The van der Waals surface area contributed by atoms with Crippen molar-refractivity contribution >= 4 is 23.0 Å². The molecule has 0 aliphatic carbocycles. The Bertz CT molecular complexity index is 498. The van der Waals surface area contributed by atoms with Crippen molar-refractivity contribution < 1.29 is 9.31 Å². The van der Waals surface area contributed by atoms with Crippen LogP contribution in [0.3, 0.4) is 0 Å². The number of hydrogen-bond acceptors (Lipinski definition) is 4. The van der Waals surface area contributed by atoms with Gasteiger partial charge in [-0.15, -0.1) is 0 Å². The van der Waals surface area contributed by atoms with E-state index in [0.717, 1.165) is 25.1 Å². The van der Waals surface area contributed by atoms with Gasteiger partial charge in [-0.2, -0.15) is 0 Å². The number of nitro benzene ring substituents is 1. The lowest BCUT2D eigenvalue weighted by molar-refractivity contribution is -0.384. The van der Waals surface area contributed by atoms with Gasteiger partial charge in [0.1, 0.15) is 11.5 Å². The van der Waals surface area contributed by atoms with Crippen LogP contribution >= 0.6 is 11.6 Å². The Kier molecular flexibility index (Phi) is 4.21. The summed E-state index contributed by atoms with van der Waals surface area (Å²) < 4.78 is 13.5. The normalized spacial score (nSPS) is 18.9. The molecule has 5 nitrogen and oxygen atoms in total. The minimum atomic E-state index is -0.626. The van der Waals surface area contributed by atoms with E-state index in [9.17, 15) is 14.5 Å². The van der Waals surface area contributed by atoms with Crippen molar-refractivity contribution in [1.82, 2.24) is 5.32 Å². The molecule has 104 valence electrons. The standard InChI is InChI=1S/C12H15ClFN3O2/c1-15-6-8-2-3-16(7-8)11-5-10(14)9(13)4-12(11)17(18)19/h4-5,8,15H,2-3,6-7H2,1H3. The average molecular weight is 288 g/mol. The van der Waals surface area contributed by atoms with Crippen molar-refractivity contribution in [3.05, 3.63) is 33.1 Å². The van der Waals surface area contributed by atoms with E-state index in [-0.39, 0.29) is 10.7 Å². The molecule has 1 N–H and O–H groups in total. The molecule has 1 aromatic rings. The Morgan fingerprint density at radius 2 is 2.37 bits per heavy atom.